The third-order valence-corrected chi connectivity index (χ3v) is 4.00. The molecule has 0 spiro atoms. The summed E-state index contributed by atoms with van der Waals surface area (Å²) in [6, 6.07) is 7.86. The molecule has 3 N–H and O–H groups in total. The minimum atomic E-state index is -0.954. The predicted molar refractivity (Wildman–Crippen MR) is 90.9 cm³/mol. The molecule has 0 atom stereocenters. The van der Waals surface area contributed by atoms with E-state index in [4.69, 9.17) is 27.6 Å². The van der Waals surface area contributed by atoms with Crippen LogP contribution in [0.25, 0.3) is 11.3 Å². The average Bonchev–Trinajstić information content (AvgIpc) is 3.26. The molecule has 1 fully saturated rings. The molecule has 7 nitrogen and oxygen atoms in total. The van der Waals surface area contributed by atoms with E-state index in [1.165, 1.54) is 6.07 Å². The lowest BCUT2D eigenvalue weighted by Crippen LogP contribution is -2.48. The molecule has 0 saturated heterocycles. The Morgan fingerprint density at radius 2 is 1.76 bits per heavy atom. The average molecular weight is 382 g/mol. The van der Waals surface area contributed by atoms with Crippen molar-refractivity contribution in [2.75, 3.05) is 0 Å². The maximum Gasteiger partial charge on any atom is 0.327 e. The van der Waals surface area contributed by atoms with Gasteiger partial charge in [-0.25, -0.2) is 0 Å². The Morgan fingerprint density at radius 3 is 2.48 bits per heavy atom. The number of amides is 3. The molecule has 0 aliphatic heterocycles. The summed E-state index contributed by atoms with van der Waals surface area (Å²) < 4.78 is 5.43. The van der Waals surface area contributed by atoms with Crippen molar-refractivity contribution in [3.8, 4) is 11.3 Å². The Kier molecular flexibility index (Phi) is 4.96. The predicted octanol–water partition coefficient (Wildman–Crippen LogP) is 2.29. The molecule has 1 aliphatic rings. The number of carbonyl (C=O) groups is 3. The van der Waals surface area contributed by atoms with E-state index in [-0.39, 0.29) is 11.8 Å². The number of hydrogen-bond donors (Lipinski definition) is 3. The molecule has 0 bridgehead atoms. The fraction of sp³-hybridized carbons (Fsp3) is 0.188. The minimum Gasteiger partial charge on any atom is -0.451 e. The Labute approximate surface area is 152 Å². The Balaban J connectivity index is 1.61. The largest absolute Gasteiger partial charge is 0.451 e. The SMILES string of the molecule is O=C(NNC(=O)c1ccc(-c2cc(Cl)ccc2Cl)o1)C(=O)NC1CC1. The number of hydrogen-bond acceptors (Lipinski definition) is 4. The van der Waals surface area contributed by atoms with Crippen LogP contribution in [0.5, 0.6) is 0 Å². The summed E-state index contributed by atoms with van der Waals surface area (Å²) in [5.41, 5.74) is 4.67. The van der Waals surface area contributed by atoms with E-state index >= 15 is 0 Å². The second kappa shape index (κ2) is 7.16. The van der Waals surface area contributed by atoms with Crippen molar-refractivity contribution in [3.63, 3.8) is 0 Å². The third kappa shape index (κ3) is 4.32. The zero-order valence-electron chi connectivity index (χ0n) is 12.8. The van der Waals surface area contributed by atoms with Crippen molar-refractivity contribution >= 4 is 40.9 Å². The van der Waals surface area contributed by atoms with Crippen molar-refractivity contribution in [1.29, 1.82) is 0 Å². The fourth-order valence-corrected chi connectivity index (χ4v) is 2.38. The molecule has 3 amide bonds. The number of furan rings is 1. The van der Waals surface area contributed by atoms with Crippen LogP contribution in [-0.2, 0) is 9.59 Å². The summed E-state index contributed by atoms with van der Waals surface area (Å²) >= 11 is 12.0. The Bertz CT molecular complexity index is 846. The van der Waals surface area contributed by atoms with Crippen LogP contribution >= 0.6 is 23.2 Å². The first-order chi connectivity index (χ1) is 11.9. The maximum atomic E-state index is 12.0. The van der Waals surface area contributed by atoms with Crippen LogP contribution < -0.4 is 16.2 Å². The fourth-order valence-electron chi connectivity index (χ4n) is 2.00. The van der Waals surface area contributed by atoms with E-state index in [9.17, 15) is 14.4 Å². The van der Waals surface area contributed by atoms with Gasteiger partial charge in [-0.2, -0.15) is 0 Å². The highest BCUT2D eigenvalue weighted by atomic mass is 35.5. The normalized spacial score (nSPS) is 13.2. The third-order valence-electron chi connectivity index (χ3n) is 3.43. The van der Waals surface area contributed by atoms with E-state index in [0.717, 1.165) is 12.8 Å². The summed E-state index contributed by atoms with van der Waals surface area (Å²) in [6.07, 6.45) is 1.71. The van der Waals surface area contributed by atoms with Crippen LogP contribution in [0.1, 0.15) is 23.4 Å². The molecule has 1 aromatic carbocycles. The lowest BCUT2D eigenvalue weighted by molar-refractivity contribution is -0.139. The number of rotatable bonds is 3. The zero-order valence-corrected chi connectivity index (χ0v) is 14.3. The van der Waals surface area contributed by atoms with Crippen LogP contribution in [0.4, 0.5) is 0 Å². The van der Waals surface area contributed by atoms with Gasteiger partial charge in [0, 0.05) is 16.6 Å². The highest BCUT2D eigenvalue weighted by Gasteiger charge is 2.26. The van der Waals surface area contributed by atoms with E-state index in [1.54, 1.807) is 24.3 Å². The molecular weight excluding hydrogens is 369 g/mol. The molecule has 0 unspecified atom stereocenters. The molecule has 25 heavy (non-hydrogen) atoms. The number of hydrazine groups is 1. The second-order valence-corrected chi connectivity index (χ2v) is 6.29. The molecule has 130 valence electrons. The highest BCUT2D eigenvalue weighted by Crippen LogP contribution is 2.31. The Morgan fingerprint density at radius 1 is 1.00 bits per heavy atom. The van der Waals surface area contributed by atoms with Gasteiger partial charge in [0.2, 0.25) is 0 Å². The molecular formula is C16H13Cl2N3O4. The number of nitrogens with one attached hydrogen (secondary N) is 3. The summed E-state index contributed by atoms with van der Waals surface area (Å²) in [6.45, 7) is 0. The van der Waals surface area contributed by atoms with Gasteiger partial charge in [0.1, 0.15) is 5.76 Å². The molecule has 1 heterocycles. The van der Waals surface area contributed by atoms with E-state index in [1.807, 2.05) is 5.43 Å². The maximum absolute atomic E-state index is 12.0. The quantitative estimate of drug-likeness (QED) is 0.560. The van der Waals surface area contributed by atoms with Gasteiger partial charge in [0.25, 0.3) is 0 Å². The van der Waals surface area contributed by atoms with Gasteiger partial charge in [-0.05, 0) is 43.2 Å². The monoisotopic (exact) mass is 381 g/mol. The summed E-state index contributed by atoms with van der Waals surface area (Å²) in [5, 5.41) is 3.38. The van der Waals surface area contributed by atoms with Crippen molar-refractivity contribution in [1.82, 2.24) is 16.2 Å². The summed E-state index contributed by atoms with van der Waals surface area (Å²) in [5.74, 6) is -2.18. The topological polar surface area (TPSA) is 100 Å². The van der Waals surface area contributed by atoms with Gasteiger partial charge in [-0.3, -0.25) is 25.2 Å². The Hall–Kier alpha value is -2.51. The smallest absolute Gasteiger partial charge is 0.327 e. The van der Waals surface area contributed by atoms with Crippen molar-refractivity contribution in [3.05, 3.63) is 46.1 Å². The van der Waals surface area contributed by atoms with Gasteiger partial charge >= 0.3 is 17.7 Å². The lowest BCUT2D eigenvalue weighted by atomic mass is 10.2. The molecule has 3 rings (SSSR count). The molecule has 2 aromatic rings. The van der Waals surface area contributed by atoms with Gasteiger partial charge < -0.3 is 9.73 Å². The van der Waals surface area contributed by atoms with Gasteiger partial charge in [-0.15, -0.1) is 0 Å². The molecule has 1 aliphatic carbocycles. The number of carbonyl (C=O) groups excluding carboxylic acids is 3. The van der Waals surface area contributed by atoms with Crippen LogP contribution in [0.3, 0.4) is 0 Å². The van der Waals surface area contributed by atoms with Crippen molar-refractivity contribution in [2.24, 2.45) is 0 Å². The van der Waals surface area contributed by atoms with Gasteiger partial charge in [-0.1, -0.05) is 23.2 Å². The van der Waals surface area contributed by atoms with Crippen LogP contribution in [-0.4, -0.2) is 23.8 Å². The first-order valence-electron chi connectivity index (χ1n) is 7.40. The second-order valence-electron chi connectivity index (χ2n) is 5.44. The molecule has 0 radical (unpaired) electrons. The first kappa shape index (κ1) is 17.3. The zero-order chi connectivity index (χ0) is 18.0. The number of benzene rings is 1. The van der Waals surface area contributed by atoms with Crippen molar-refractivity contribution < 1.29 is 18.8 Å². The molecule has 1 saturated carbocycles. The molecule has 9 heteroatoms. The van der Waals surface area contributed by atoms with E-state index in [0.29, 0.717) is 21.4 Å². The summed E-state index contributed by atoms with van der Waals surface area (Å²) in [7, 11) is 0. The van der Waals surface area contributed by atoms with Crippen LogP contribution in [0.15, 0.2) is 34.7 Å². The molecule has 1 aromatic heterocycles. The van der Waals surface area contributed by atoms with Gasteiger partial charge in [0.15, 0.2) is 5.76 Å². The lowest BCUT2D eigenvalue weighted by Gasteiger charge is -2.06. The van der Waals surface area contributed by atoms with Crippen LogP contribution in [0, 0.1) is 0 Å². The van der Waals surface area contributed by atoms with Crippen LogP contribution in [0.2, 0.25) is 10.0 Å². The minimum absolute atomic E-state index is 0.0454. The van der Waals surface area contributed by atoms with Gasteiger partial charge in [0.05, 0.1) is 5.02 Å². The van der Waals surface area contributed by atoms with E-state index < -0.39 is 17.7 Å². The van der Waals surface area contributed by atoms with Crippen molar-refractivity contribution in [2.45, 2.75) is 18.9 Å². The number of halogens is 2. The highest BCUT2D eigenvalue weighted by molar-refractivity contribution is 6.35. The summed E-state index contributed by atoms with van der Waals surface area (Å²) in [4.78, 5) is 35.0. The first-order valence-corrected chi connectivity index (χ1v) is 8.16. The van der Waals surface area contributed by atoms with E-state index in [2.05, 4.69) is 10.7 Å². The standard InChI is InChI=1S/C16H13Cl2N3O4/c17-8-1-4-11(18)10(7-8)12-5-6-13(25-12)14(22)20-21-16(24)15(23)19-9-2-3-9/h1,4-7,9H,2-3H2,(H,19,23)(H,20,22)(H,21,24).